The minimum atomic E-state index is -0.220. The Bertz CT molecular complexity index is 600. The molecule has 116 valence electrons. The van der Waals surface area contributed by atoms with Gasteiger partial charge in [-0.1, -0.05) is 12.1 Å². The highest BCUT2D eigenvalue weighted by Crippen LogP contribution is 2.27. The van der Waals surface area contributed by atoms with Crippen LogP contribution in [-0.2, 0) is 14.3 Å². The SMILES string of the molecule is COc1ccc(C2=CC(=O)N(CC3CCOCC3)C2=O)cc1. The largest absolute Gasteiger partial charge is 0.497 e. The minimum Gasteiger partial charge on any atom is -0.497 e. The van der Waals surface area contributed by atoms with Crippen LogP contribution in [0.2, 0.25) is 0 Å². The zero-order valence-electron chi connectivity index (χ0n) is 12.6. The normalized spacial score (nSPS) is 19.5. The molecule has 0 unspecified atom stereocenters. The molecule has 5 nitrogen and oxygen atoms in total. The van der Waals surface area contributed by atoms with E-state index in [0.29, 0.717) is 31.2 Å². The standard InChI is InChI=1S/C17H19NO4/c1-21-14-4-2-13(3-5-14)15-10-16(19)18(17(15)20)11-12-6-8-22-9-7-12/h2-5,10,12H,6-9,11H2,1H3. The fraction of sp³-hybridized carbons (Fsp3) is 0.412. The number of carbonyl (C=O) groups is 2. The summed E-state index contributed by atoms with van der Waals surface area (Å²) in [6.45, 7) is 1.90. The number of benzene rings is 1. The molecule has 1 fully saturated rings. The monoisotopic (exact) mass is 301 g/mol. The quantitative estimate of drug-likeness (QED) is 0.797. The fourth-order valence-electron chi connectivity index (χ4n) is 2.85. The predicted octanol–water partition coefficient (Wildman–Crippen LogP) is 1.87. The summed E-state index contributed by atoms with van der Waals surface area (Å²) in [6.07, 6.45) is 3.23. The summed E-state index contributed by atoms with van der Waals surface area (Å²) in [5, 5.41) is 0. The molecule has 1 aromatic rings. The summed E-state index contributed by atoms with van der Waals surface area (Å²) in [5.41, 5.74) is 1.20. The number of imide groups is 1. The summed E-state index contributed by atoms with van der Waals surface area (Å²) >= 11 is 0. The summed E-state index contributed by atoms with van der Waals surface area (Å²) in [7, 11) is 1.59. The third kappa shape index (κ3) is 2.90. The number of nitrogens with zero attached hydrogens (tertiary/aromatic N) is 1. The van der Waals surface area contributed by atoms with Gasteiger partial charge in [-0.15, -0.1) is 0 Å². The van der Waals surface area contributed by atoms with Crippen LogP contribution in [0, 0.1) is 5.92 Å². The van der Waals surface area contributed by atoms with Crippen molar-refractivity contribution in [3.05, 3.63) is 35.9 Å². The van der Waals surface area contributed by atoms with Crippen LogP contribution in [0.5, 0.6) is 5.75 Å². The van der Waals surface area contributed by atoms with Crippen molar-refractivity contribution in [2.24, 2.45) is 5.92 Å². The van der Waals surface area contributed by atoms with Crippen molar-refractivity contribution in [2.45, 2.75) is 12.8 Å². The summed E-state index contributed by atoms with van der Waals surface area (Å²) in [4.78, 5) is 26.0. The van der Waals surface area contributed by atoms with Crippen LogP contribution < -0.4 is 4.74 Å². The molecule has 22 heavy (non-hydrogen) atoms. The maximum Gasteiger partial charge on any atom is 0.261 e. The lowest BCUT2D eigenvalue weighted by molar-refractivity contribution is -0.137. The van der Waals surface area contributed by atoms with Gasteiger partial charge in [-0.05, 0) is 36.5 Å². The lowest BCUT2D eigenvalue weighted by Gasteiger charge is -2.26. The van der Waals surface area contributed by atoms with Crippen LogP contribution in [0.15, 0.2) is 30.3 Å². The lowest BCUT2D eigenvalue weighted by Crippen LogP contribution is -2.37. The topological polar surface area (TPSA) is 55.8 Å². The second-order valence-corrected chi connectivity index (χ2v) is 5.60. The summed E-state index contributed by atoms with van der Waals surface area (Å²) < 4.78 is 10.4. The van der Waals surface area contributed by atoms with E-state index in [2.05, 4.69) is 0 Å². The molecule has 1 aromatic carbocycles. The molecule has 1 saturated heterocycles. The first-order chi connectivity index (χ1) is 10.7. The zero-order valence-corrected chi connectivity index (χ0v) is 12.6. The average Bonchev–Trinajstić information content (AvgIpc) is 2.84. The van der Waals surface area contributed by atoms with Gasteiger partial charge in [-0.2, -0.15) is 0 Å². The van der Waals surface area contributed by atoms with E-state index in [1.54, 1.807) is 31.4 Å². The number of hydrogen-bond donors (Lipinski definition) is 0. The predicted molar refractivity (Wildman–Crippen MR) is 81.2 cm³/mol. The Labute approximate surface area is 129 Å². The van der Waals surface area contributed by atoms with E-state index in [4.69, 9.17) is 9.47 Å². The Balaban J connectivity index is 1.72. The maximum atomic E-state index is 12.5. The Morgan fingerprint density at radius 3 is 2.50 bits per heavy atom. The number of carbonyl (C=O) groups excluding carboxylic acids is 2. The Kier molecular flexibility index (Phi) is 4.24. The molecule has 3 rings (SSSR count). The van der Waals surface area contributed by atoms with Crippen LogP contribution in [0.1, 0.15) is 18.4 Å². The maximum absolute atomic E-state index is 12.5. The van der Waals surface area contributed by atoms with Crippen molar-refractivity contribution in [3.63, 3.8) is 0 Å². The first-order valence-corrected chi connectivity index (χ1v) is 7.48. The summed E-state index contributed by atoms with van der Waals surface area (Å²) in [5.74, 6) is 0.634. The minimum absolute atomic E-state index is 0.207. The van der Waals surface area contributed by atoms with E-state index in [-0.39, 0.29) is 11.8 Å². The van der Waals surface area contributed by atoms with E-state index >= 15 is 0 Å². The molecule has 0 saturated carbocycles. The van der Waals surface area contributed by atoms with Gasteiger partial charge in [0.25, 0.3) is 11.8 Å². The van der Waals surface area contributed by atoms with Crippen LogP contribution in [0.3, 0.4) is 0 Å². The van der Waals surface area contributed by atoms with Crippen molar-refractivity contribution < 1.29 is 19.1 Å². The number of amides is 2. The van der Waals surface area contributed by atoms with Crippen LogP contribution in [0.25, 0.3) is 5.57 Å². The van der Waals surface area contributed by atoms with Crippen molar-refractivity contribution in [3.8, 4) is 5.75 Å². The molecule has 2 heterocycles. The third-order valence-electron chi connectivity index (χ3n) is 4.19. The van der Waals surface area contributed by atoms with Crippen molar-refractivity contribution in [1.82, 2.24) is 4.90 Å². The van der Waals surface area contributed by atoms with Crippen LogP contribution in [0.4, 0.5) is 0 Å². The van der Waals surface area contributed by atoms with Gasteiger partial charge in [0, 0.05) is 25.8 Å². The Morgan fingerprint density at radius 2 is 1.86 bits per heavy atom. The molecular weight excluding hydrogens is 282 g/mol. The molecular formula is C17H19NO4. The number of hydrogen-bond acceptors (Lipinski definition) is 4. The second kappa shape index (κ2) is 6.32. The molecule has 5 heteroatoms. The highest BCUT2D eigenvalue weighted by atomic mass is 16.5. The smallest absolute Gasteiger partial charge is 0.261 e. The van der Waals surface area contributed by atoms with Gasteiger partial charge in [-0.3, -0.25) is 14.5 Å². The molecule has 2 aliphatic heterocycles. The van der Waals surface area contributed by atoms with Crippen LogP contribution in [-0.4, -0.2) is 43.6 Å². The van der Waals surface area contributed by atoms with Gasteiger partial charge in [-0.25, -0.2) is 0 Å². The van der Waals surface area contributed by atoms with Crippen molar-refractivity contribution in [1.29, 1.82) is 0 Å². The number of ether oxygens (including phenoxy) is 2. The van der Waals surface area contributed by atoms with Gasteiger partial charge < -0.3 is 9.47 Å². The zero-order chi connectivity index (χ0) is 15.5. The molecule has 2 aliphatic rings. The second-order valence-electron chi connectivity index (χ2n) is 5.60. The van der Waals surface area contributed by atoms with Gasteiger partial charge >= 0.3 is 0 Å². The van der Waals surface area contributed by atoms with Gasteiger partial charge in [0.15, 0.2) is 0 Å². The average molecular weight is 301 g/mol. The van der Waals surface area contributed by atoms with Crippen molar-refractivity contribution in [2.75, 3.05) is 26.9 Å². The highest BCUT2D eigenvalue weighted by molar-refractivity contribution is 6.33. The molecule has 0 aliphatic carbocycles. The van der Waals surface area contributed by atoms with Gasteiger partial charge in [0.05, 0.1) is 12.7 Å². The summed E-state index contributed by atoms with van der Waals surface area (Å²) in [6, 6.07) is 7.17. The highest BCUT2D eigenvalue weighted by Gasteiger charge is 2.33. The molecule has 0 N–H and O–H groups in total. The number of rotatable bonds is 4. The number of methoxy groups -OCH3 is 1. The van der Waals surface area contributed by atoms with Crippen molar-refractivity contribution >= 4 is 17.4 Å². The van der Waals surface area contributed by atoms with E-state index < -0.39 is 0 Å². The van der Waals surface area contributed by atoms with E-state index in [1.807, 2.05) is 0 Å². The first kappa shape index (κ1) is 14.8. The van der Waals surface area contributed by atoms with Gasteiger partial charge in [0.2, 0.25) is 0 Å². The molecule has 0 atom stereocenters. The van der Waals surface area contributed by atoms with E-state index in [9.17, 15) is 9.59 Å². The Morgan fingerprint density at radius 1 is 1.18 bits per heavy atom. The molecule has 0 radical (unpaired) electrons. The molecule has 2 amide bonds. The lowest BCUT2D eigenvalue weighted by atomic mass is 9.99. The van der Waals surface area contributed by atoms with E-state index in [0.717, 1.165) is 24.2 Å². The molecule has 0 aromatic heterocycles. The molecule has 0 spiro atoms. The van der Waals surface area contributed by atoms with Gasteiger partial charge in [0.1, 0.15) is 5.75 Å². The fourth-order valence-corrected chi connectivity index (χ4v) is 2.85. The van der Waals surface area contributed by atoms with Crippen LogP contribution >= 0.6 is 0 Å². The first-order valence-electron chi connectivity index (χ1n) is 7.48. The molecule has 0 bridgehead atoms. The van der Waals surface area contributed by atoms with E-state index in [1.165, 1.54) is 11.0 Å². The third-order valence-corrected chi connectivity index (χ3v) is 4.19. The Hall–Kier alpha value is -2.14.